The number of H-pyrrole nitrogens is 1. The van der Waals surface area contributed by atoms with E-state index in [4.69, 9.17) is 15.2 Å². The minimum atomic E-state index is -0.492. The van der Waals surface area contributed by atoms with Crippen LogP contribution in [0.15, 0.2) is 11.1 Å². The first-order valence-corrected chi connectivity index (χ1v) is 6.95. The monoisotopic (exact) mass is 295 g/mol. The number of nitrogens with zero attached hydrogens (tertiary/aromatic N) is 3. The lowest BCUT2D eigenvalue weighted by atomic mass is 10.3. The molecule has 8 heteroatoms. The van der Waals surface area contributed by atoms with E-state index in [2.05, 4.69) is 15.0 Å². The van der Waals surface area contributed by atoms with E-state index >= 15 is 0 Å². The number of imidazole rings is 1. The number of ether oxygens (including phenoxy) is 2. The quantitative estimate of drug-likeness (QED) is 0.771. The van der Waals surface area contributed by atoms with Gasteiger partial charge < -0.3 is 19.8 Å². The van der Waals surface area contributed by atoms with Crippen molar-refractivity contribution < 1.29 is 9.47 Å². The molecule has 0 fully saturated rings. The Morgan fingerprint density at radius 2 is 2.19 bits per heavy atom. The summed E-state index contributed by atoms with van der Waals surface area (Å²) in [5.41, 5.74) is 6.17. The second-order valence-electron chi connectivity index (χ2n) is 4.98. The van der Waals surface area contributed by atoms with Crippen molar-refractivity contribution in [1.82, 2.24) is 19.5 Å². The van der Waals surface area contributed by atoms with Crippen molar-refractivity contribution in [3.8, 4) is 0 Å². The molecule has 0 radical (unpaired) electrons. The first-order valence-electron chi connectivity index (χ1n) is 6.95. The van der Waals surface area contributed by atoms with Gasteiger partial charge in [0.25, 0.3) is 0 Å². The minimum absolute atomic E-state index is 0.129. The molecule has 21 heavy (non-hydrogen) atoms. The van der Waals surface area contributed by atoms with E-state index in [-0.39, 0.29) is 18.0 Å². The third-order valence-corrected chi connectivity index (χ3v) is 2.93. The second-order valence-corrected chi connectivity index (χ2v) is 4.98. The van der Waals surface area contributed by atoms with Gasteiger partial charge in [0.05, 0.1) is 31.7 Å². The smallest absolute Gasteiger partial charge is 0.348 e. The van der Waals surface area contributed by atoms with E-state index in [0.717, 1.165) is 0 Å². The average Bonchev–Trinajstić information content (AvgIpc) is 2.79. The van der Waals surface area contributed by atoms with Crippen molar-refractivity contribution >= 4 is 17.0 Å². The summed E-state index contributed by atoms with van der Waals surface area (Å²) in [6.45, 7) is 7.40. The Hall–Kier alpha value is -1.93. The lowest BCUT2D eigenvalue weighted by molar-refractivity contribution is -0.0375. The molecule has 0 aromatic carbocycles. The first kappa shape index (κ1) is 15.5. The molecule has 1 atom stereocenters. The largest absolute Gasteiger partial charge is 0.383 e. The van der Waals surface area contributed by atoms with Crippen molar-refractivity contribution in [3.05, 3.63) is 16.8 Å². The number of hydrogen-bond acceptors (Lipinski definition) is 6. The molecule has 0 saturated heterocycles. The molecule has 2 heterocycles. The number of anilines is 1. The van der Waals surface area contributed by atoms with E-state index in [0.29, 0.717) is 30.9 Å². The summed E-state index contributed by atoms with van der Waals surface area (Å²) in [7, 11) is 0. The second kappa shape index (κ2) is 6.68. The fourth-order valence-corrected chi connectivity index (χ4v) is 2.02. The third kappa shape index (κ3) is 3.79. The van der Waals surface area contributed by atoms with Crippen LogP contribution in [0.3, 0.4) is 0 Å². The van der Waals surface area contributed by atoms with Gasteiger partial charge in [0.2, 0.25) is 0 Å². The Kier molecular flexibility index (Phi) is 4.92. The zero-order valence-corrected chi connectivity index (χ0v) is 12.5. The van der Waals surface area contributed by atoms with Gasteiger partial charge in [-0.15, -0.1) is 0 Å². The van der Waals surface area contributed by atoms with Crippen molar-refractivity contribution in [2.45, 2.75) is 39.5 Å². The number of aromatic amines is 1. The molecule has 0 amide bonds. The van der Waals surface area contributed by atoms with Crippen LogP contribution >= 0.6 is 0 Å². The summed E-state index contributed by atoms with van der Waals surface area (Å²) in [5.74, 6) is 0.218. The Morgan fingerprint density at radius 3 is 2.86 bits per heavy atom. The van der Waals surface area contributed by atoms with Crippen molar-refractivity contribution in [2.75, 3.05) is 18.9 Å². The van der Waals surface area contributed by atoms with Crippen LogP contribution in [0, 0.1) is 0 Å². The summed E-state index contributed by atoms with van der Waals surface area (Å²) in [6.07, 6.45) is 1.59. The molecule has 2 aromatic rings. The van der Waals surface area contributed by atoms with Gasteiger partial charge in [0.15, 0.2) is 5.65 Å². The standard InChI is InChI=1S/C13H21N5O3/c1-4-20-9(6-21-8(2)3)5-18-7-15-10-11(14)16-13(19)17-12(10)18/h7-9H,4-6H2,1-3H3,(H3,14,16,17,19). The molecule has 0 spiro atoms. The lowest BCUT2D eigenvalue weighted by Gasteiger charge is -2.19. The Labute approximate surface area is 122 Å². The highest BCUT2D eigenvalue weighted by Gasteiger charge is 2.15. The molecule has 0 aliphatic rings. The Morgan fingerprint density at radius 1 is 1.43 bits per heavy atom. The van der Waals surface area contributed by atoms with Crippen LogP contribution in [0.5, 0.6) is 0 Å². The van der Waals surface area contributed by atoms with Crippen molar-refractivity contribution in [1.29, 1.82) is 0 Å². The van der Waals surface area contributed by atoms with Crippen LogP contribution in [0.25, 0.3) is 11.2 Å². The molecule has 8 nitrogen and oxygen atoms in total. The molecule has 0 bridgehead atoms. The third-order valence-electron chi connectivity index (χ3n) is 2.93. The zero-order chi connectivity index (χ0) is 15.4. The summed E-state index contributed by atoms with van der Waals surface area (Å²) >= 11 is 0. The van der Waals surface area contributed by atoms with Crippen LogP contribution in [-0.2, 0) is 16.0 Å². The minimum Gasteiger partial charge on any atom is -0.383 e. The zero-order valence-electron chi connectivity index (χ0n) is 12.5. The molecule has 0 aliphatic carbocycles. The lowest BCUT2D eigenvalue weighted by Crippen LogP contribution is -2.27. The van der Waals surface area contributed by atoms with Gasteiger partial charge in [-0.2, -0.15) is 4.98 Å². The number of hydrogen-bond donors (Lipinski definition) is 2. The highest BCUT2D eigenvalue weighted by molar-refractivity contribution is 5.81. The number of nitrogens with two attached hydrogens (primary N) is 1. The normalized spacial score (nSPS) is 13.1. The molecular weight excluding hydrogens is 274 g/mol. The fourth-order valence-electron chi connectivity index (χ4n) is 2.02. The number of aromatic nitrogens is 4. The molecule has 1 unspecified atom stereocenters. The van der Waals surface area contributed by atoms with E-state index in [9.17, 15) is 4.79 Å². The summed E-state index contributed by atoms with van der Waals surface area (Å²) in [5, 5.41) is 0. The predicted octanol–water partition coefficient (Wildman–Crippen LogP) is 0.532. The number of nitrogens with one attached hydrogen (secondary N) is 1. The van der Waals surface area contributed by atoms with Gasteiger partial charge in [-0.05, 0) is 20.8 Å². The number of rotatable bonds is 7. The Bertz CT molecular complexity index is 649. The van der Waals surface area contributed by atoms with E-state index in [1.54, 1.807) is 10.9 Å². The van der Waals surface area contributed by atoms with Gasteiger partial charge in [0.1, 0.15) is 11.3 Å². The molecule has 116 valence electrons. The van der Waals surface area contributed by atoms with Gasteiger partial charge in [-0.1, -0.05) is 0 Å². The van der Waals surface area contributed by atoms with Crippen molar-refractivity contribution in [3.63, 3.8) is 0 Å². The van der Waals surface area contributed by atoms with Gasteiger partial charge in [-0.3, -0.25) is 4.98 Å². The van der Waals surface area contributed by atoms with Gasteiger partial charge in [-0.25, -0.2) is 9.78 Å². The van der Waals surface area contributed by atoms with E-state index in [1.165, 1.54) is 0 Å². The molecular formula is C13H21N5O3. The van der Waals surface area contributed by atoms with Gasteiger partial charge in [0, 0.05) is 6.61 Å². The maximum Gasteiger partial charge on any atom is 0.348 e. The molecule has 0 aliphatic heterocycles. The maximum atomic E-state index is 11.4. The molecule has 0 saturated carbocycles. The maximum absolute atomic E-state index is 11.4. The highest BCUT2D eigenvalue weighted by atomic mass is 16.5. The Balaban J connectivity index is 2.22. The van der Waals surface area contributed by atoms with Gasteiger partial charge >= 0.3 is 5.69 Å². The van der Waals surface area contributed by atoms with E-state index in [1.807, 2.05) is 20.8 Å². The first-order chi connectivity index (χ1) is 10.0. The summed E-state index contributed by atoms with van der Waals surface area (Å²) in [4.78, 5) is 22.0. The molecule has 2 aromatic heterocycles. The van der Waals surface area contributed by atoms with Crippen LogP contribution < -0.4 is 11.4 Å². The van der Waals surface area contributed by atoms with Crippen LogP contribution in [0.1, 0.15) is 20.8 Å². The molecule has 3 N–H and O–H groups in total. The number of nitrogen functional groups attached to an aromatic ring is 1. The van der Waals surface area contributed by atoms with Crippen LogP contribution in [0.4, 0.5) is 5.82 Å². The van der Waals surface area contributed by atoms with Crippen LogP contribution in [-0.4, -0.2) is 44.9 Å². The highest BCUT2D eigenvalue weighted by Crippen LogP contribution is 2.14. The van der Waals surface area contributed by atoms with E-state index < -0.39 is 5.69 Å². The van der Waals surface area contributed by atoms with Crippen molar-refractivity contribution in [2.24, 2.45) is 0 Å². The SMILES string of the molecule is CCOC(COC(C)C)Cn1cnc2c(N)[nH]c(=O)nc21. The molecule has 2 rings (SSSR count). The topological polar surface area (TPSA) is 108 Å². The predicted molar refractivity (Wildman–Crippen MR) is 79.1 cm³/mol. The van der Waals surface area contributed by atoms with Crippen LogP contribution in [0.2, 0.25) is 0 Å². The number of fused-ring (bicyclic) bond motifs is 1. The fraction of sp³-hybridized carbons (Fsp3) is 0.615. The average molecular weight is 295 g/mol. The summed E-state index contributed by atoms with van der Waals surface area (Å²) < 4.78 is 13.0. The summed E-state index contributed by atoms with van der Waals surface area (Å²) in [6, 6.07) is 0.